The third kappa shape index (κ3) is 2.61. The third-order valence-electron chi connectivity index (χ3n) is 3.76. The summed E-state index contributed by atoms with van der Waals surface area (Å²) in [5.41, 5.74) is 1.01. The minimum absolute atomic E-state index is 0.312. The molecule has 1 aromatic rings. The van der Waals surface area contributed by atoms with Gasteiger partial charge in [0.2, 0.25) is 0 Å². The predicted molar refractivity (Wildman–Crippen MR) is 76.5 cm³/mol. The Balaban J connectivity index is 2.32. The van der Waals surface area contributed by atoms with Gasteiger partial charge in [-0.25, -0.2) is 9.97 Å². The lowest BCUT2D eigenvalue weighted by molar-refractivity contribution is 0.568. The molecule has 1 aliphatic rings. The Morgan fingerprint density at radius 1 is 1.39 bits per heavy atom. The maximum absolute atomic E-state index is 6.23. The largest absolute Gasteiger partial charge is 0.356 e. The fourth-order valence-electron chi connectivity index (χ4n) is 2.42. The molecule has 0 aliphatic carbocycles. The Kier molecular flexibility index (Phi) is 4.10. The van der Waals surface area contributed by atoms with Crippen LogP contribution in [0.1, 0.15) is 50.9 Å². The Morgan fingerprint density at radius 2 is 2.11 bits per heavy atom. The van der Waals surface area contributed by atoms with Crippen molar-refractivity contribution in [2.24, 2.45) is 5.92 Å². The highest BCUT2D eigenvalue weighted by Gasteiger charge is 2.25. The number of nitrogens with zero attached hydrogens (tertiary/aromatic N) is 3. The molecule has 0 amide bonds. The molecule has 1 saturated heterocycles. The van der Waals surface area contributed by atoms with E-state index in [-0.39, 0.29) is 0 Å². The van der Waals surface area contributed by atoms with Crippen LogP contribution in [0.5, 0.6) is 0 Å². The van der Waals surface area contributed by atoms with E-state index in [1.165, 1.54) is 12.8 Å². The van der Waals surface area contributed by atoms with Gasteiger partial charge in [0.1, 0.15) is 16.8 Å². The average Bonchev–Trinajstić information content (AvgIpc) is 2.80. The number of hydrogen-bond donors (Lipinski definition) is 0. The summed E-state index contributed by atoms with van der Waals surface area (Å²) in [5.74, 6) is 2.99. The summed E-state index contributed by atoms with van der Waals surface area (Å²) < 4.78 is 0. The average molecular weight is 268 g/mol. The second-order valence-corrected chi connectivity index (χ2v) is 5.84. The van der Waals surface area contributed by atoms with E-state index in [4.69, 9.17) is 16.6 Å². The lowest BCUT2D eigenvalue weighted by Gasteiger charge is -2.21. The molecule has 18 heavy (non-hydrogen) atoms. The fourth-order valence-corrected chi connectivity index (χ4v) is 2.59. The number of aromatic nitrogens is 2. The number of hydrogen-bond acceptors (Lipinski definition) is 3. The summed E-state index contributed by atoms with van der Waals surface area (Å²) >= 11 is 6.23. The second kappa shape index (κ2) is 5.43. The van der Waals surface area contributed by atoms with Gasteiger partial charge < -0.3 is 4.90 Å². The lowest BCUT2D eigenvalue weighted by Crippen LogP contribution is -2.23. The first kappa shape index (κ1) is 13.6. The standard InChI is InChI=1S/C14H22ClN3/c1-5-11-6-7-18(8-11)14-10(4)12(15)16-13(17-14)9(2)3/h9,11H,5-8H2,1-4H3. The minimum atomic E-state index is 0.312. The number of rotatable bonds is 3. The first-order valence-electron chi connectivity index (χ1n) is 6.81. The van der Waals surface area contributed by atoms with Gasteiger partial charge >= 0.3 is 0 Å². The van der Waals surface area contributed by atoms with Gasteiger partial charge in [-0.3, -0.25) is 0 Å². The van der Waals surface area contributed by atoms with Gasteiger partial charge in [0.05, 0.1) is 0 Å². The van der Waals surface area contributed by atoms with Crippen molar-refractivity contribution in [3.05, 3.63) is 16.5 Å². The van der Waals surface area contributed by atoms with Crippen LogP contribution in [-0.2, 0) is 0 Å². The first-order valence-corrected chi connectivity index (χ1v) is 7.19. The quantitative estimate of drug-likeness (QED) is 0.780. The van der Waals surface area contributed by atoms with Crippen LogP contribution in [0.4, 0.5) is 5.82 Å². The highest BCUT2D eigenvalue weighted by Crippen LogP contribution is 2.30. The molecule has 4 heteroatoms. The highest BCUT2D eigenvalue weighted by atomic mass is 35.5. The number of anilines is 1. The molecule has 2 heterocycles. The minimum Gasteiger partial charge on any atom is -0.356 e. The van der Waals surface area contributed by atoms with Gasteiger partial charge in [0.25, 0.3) is 0 Å². The zero-order valence-corrected chi connectivity index (χ0v) is 12.5. The molecule has 0 bridgehead atoms. The summed E-state index contributed by atoms with van der Waals surface area (Å²) in [4.78, 5) is 11.4. The zero-order valence-electron chi connectivity index (χ0n) is 11.7. The van der Waals surface area contributed by atoms with Crippen molar-refractivity contribution >= 4 is 17.4 Å². The molecule has 1 aromatic heterocycles. The topological polar surface area (TPSA) is 29.0 Å². The van der Waals surface area contributed by atoms with E-state index in [1.807, 2.05) is 6.92 Å². The van der Waals surface area contributed by atoms with Crippen LogP contribution >= 0.6 is 11.6 Å². The van der Waals surface area contributed by atoms with E-state index in [1.54, 1.807) is 0 Å². The smallest absolute Gasteiger partial charge is 0.137 e. The Bertz CT molecular complexity index is 431. The van der Waals surface area contributed by atoms with Crippen LogP contribution in [0.3, 0.4) is 0 Å². The van der Waals surface area contributed by atoms with E-state index in [0.29, 0.717) is 11.1 Å². The van der Waals surface area contributed by atoms with Crippen molar-refractivity contribution in [2.45, 2.75) is 46.5 Å². The molecule has 0 saturated carbocycles. The van der Waals surface area contributed by atoms with E-state index < -0.39 is 0 Å². The lowest BCUT2D eigenvalue weighted by atomic mass is 10.1. The SMILES string of the molecule is CCC1CCN(c2nc(C(C)C)nc(Cl)c2C)C1. The van der Waals surface area contributed by atoms with Crippen LogP contribution in [0.25, 0.3) is 0 Å². The van der Waals surface area contributed by atoms with Crippen LogP contribution in [-0.4, -0.2) is 23.1 Å². The Labute approximate surface area is 115 Å². The van der Waals surface area contributed by atoms with Crippen LogP contribution in [0, 0.1) is 12.8 Å². The molecular formula is C14H22ClN3. The van der Waals surface area contributed by atoms with E-state index in [0.717, 1.165) is 36.2 Å². The third-order valence-corrected chi connectivity index (χ3v) is 4.13. The molecule has 0 N–H and O–H groups in total. The Hall–Kier alpha value is -0.830. The van der Waals surface area contributed by atoms with Gasteiger partial charge in [-0.05, 0) is 19.3 Å². The molecule has 3 nitrogen and oxygen atoms in total. The van der Waals surface area contributed by atoms with Gasteiger partial charge in [0, 0.05) is 24.6 Å². The number of halogens is 1. The summed E-state index contributed by atoms with van der Waals surface area (Å²) in [7, 11) is 0. The second-order valence-electron chi connectivity index (χ2n) is 5.48. The summed E-state index contributed by atoms with van der Waals surface area (Å²) in [6.07, 6.45) is 2.50. The monoisotopic (exact) mass is 267 g/mol. The maximum atomic E-state index is 6.23. The van der Waals surface area contributed by atoms with Gasteiger partial charge in [-0.2, -0.15) is 0 Å². The van der Waals surface area contributed by atoms with Gasteiger partial charge in [-0.15, -0.1) is 0 Å². The normalized spacial score (nSPS) is 19.9. The van der Waals surface area contributed by atoms with Gasteiger partial charge in [-0.1, -0.05) is 38.8 Å². The molecule has 1 aliphatic heterocycles. The molecule has 0 aromatic carbocycles. The van der Waals surface area contributed by atoms with E-state index in [2.05, 4.69) is 30.7 Å². The highest BCUT2D eigenvalue weighted by molar-refractivity contribution is 6.30. The fraction of sp³-hybridized carbons (Fsp3) is 0.714. The summed E-state index contributed by atoms with van der Waals surface area (Å²) in [5, 5.41) is 0.601. The molecular weight excluding hydrogens is 246 g/mol. The van der Waals surface area contributed by atoms with E-state index in [9.17, 15) is 0 Å². The Morgan fingerprint density at radius 3 is 2.67 bits per heavy atom. The molecule has 2 rings (SSSR count). The van der Waals surface area contributed by atoms with Gasteiger partial charge in [0.15, 0.2) is 0 Å². The van der Waals surface area contributed by atoms with Crippen molar-refractivity contribution in [2.75, 3.05) is 18.0 Å². The zero-order chi connectivity index (χ0) is 13.3. The van der Waals surface area contributed by atoms with Crippen molar-refractivity contribution in [3.8, 4) is 0 Å². The maximum Gasteiger partial charge on any atom is 0.137 e. The van der Waals surface area contributed by atoms with E-state index >= 15 is 0 Å². The molecule has 1 fully saturated rings. The van der Waals surface area contributed by atoms with Crippen molar-refractivity contribution < 1.29 is 0 Å². The van der Waals surface area contributed by atoms with Crippen molar-refractivity contribution in [1.82, 2.24) is 9.97 Å². The summed E-state index contributed by atoms with van der Waals surface area (Å²) in [6, 6.07) is 0. The molecule has 0 radical (unpaired) electrons. The molecule has 1 unspecified atom stereocenters. The molecule has 100 valence electrons. The summed E-state index contributed by atoms with van der Waals surface area (Å²) in [6.45, 7) is 10.7. The van der Waals surface area contributed by atoms with Crippen LogP contribution in [0.15, 0.2) is 0 Å². The van der Waals surface area contributed by atoms with Crippen molar-refractivity contribution in [1.29, 1.82) is 0 Å². The molecule has 1 atom stereocenters. The van der Waals surface area contributed by atoms with Crippen LogP contribution in [0.2, 0.25) is 5.15 Å². The van der Waals surface area contributed by atoms with Crippen LogP contribution < -0.4 is 4.90 Å². The first-order chi connectivity index (χ1) is 8.52. The predicted octanol–water partition coefficient (Wildman–Crippen LogP) is 3.80. The molecule has 0 spiro atoms. The van der Waals surface area contributed by atoms with Crippen molar-refractivity contribution in [3.63, 3.8) is 0 Å².